The average Bonchev–Trinajstić information content (AvgIpc) is 2.41. The molecule has 2 N–H and O–H groups in total. The monoisotopic (exact) mass is 243 g/mol. The maximum Gasteiger partial charge on any atom is 0.455 e. The van der Waals surface area contributed by atoms with Gasteiger partial charge in [0, 0.05) is 5.56 Å². The van der Waals surface area contributed by atoms with Crippen molar-refractivity contribution in [2.45, 2.75) is 32.0 Å². The Balaban J connectivity index is 3.11. The normalized spacial score (nSPS) is 15.2. The molecule has 0 saturated carbocycles. The van der Waals surface area contributed by atoms with Gasteiger partial charge >= 0.3 is 12.1 Å². The van der Waals surface area contributed by atoms with E-state index >= 15 is 0 Å². The van der Waals surface area contributed by atoms with Crippen LogP contribution in [0.3, 0.4) is 0 Å². The van der Waals surface area contributed by atoms with Crippen LogP contribution in [0.1, 0.15) is 23.1 Å². The molecule has 0 aliphatic rings. The second kappa shape index (κ2) is 3.73. The molecule has 0 amide bonds. The number of rotatable bonds is 2. The van der Waals surface area contributed by atoms with Gasteiger partial charge in [0.15, 0.2) is 0 Å². The first-order chi connectivity index (χ1) is 7.07. The van der Waals surface area contributed by atoms with Crippen LogP contribution in [0, 0.1) is 13.8 Å². The molecule has 1 atom stereocenters. The number of nitrogens with two attached hydrogens (primary N) is 1. The Morgan fingerprint density at radius 1 is 1.19 bits per heavy atom. The molecular weight excluding hydrogens is 233 g/mol. The topological polar surface area (TPSA) is 39.2 Å². The van der Waals surface area contributed by atoms with E-state index in [1.807, 2.05) is 0 Å². The molecule has 1 heterocycles. The van der Waals surface area contributed by atoms with Crippen LogP contribution < -0.4 is 5.73 Å². The van der Waals surface area contributed by atoms with E-state index in [0.717, 1.165) is 6.07 Å². The van der Waals surface area contributed by atoms with E-state index in [1.165, 1.54) is 13.8 Å². The van der Waals surface area contributed by atoms with Crippen LogP contribution in [0.5, 0.6) is 0 Å². The number of alkyl halides is 5. The molecule has 0 spiro atoms. The van der Waals surface area contributed by atoms with Crippen molar-refractivity contribution in [3.63, 3.8) is 0 Å². The highest BCUT2D eigenvalue weighted by molar-refractivity contribution is 5.26. The zero-order valence-electron chi connectivity index (χ0n) is 8.53. The Morgan fingerprint density at radius 2 is 1.69 bits per heavy atom. The lowest BCUT2D eigenvalue weighted by Crippen LogP contribution is -2.45. The molecule has 0 aliphatic heterocycles. The van der Waals surface area contributed by atoms with Crippen LogP contribution in [0.2, 0.25) is 0 Å². The first-order valence-corrected chi connectivity index (χ1v) is 4.34. The first kappa shape index (κ1) is 13.0. The third kappa shape index (κ3) is 2.04. The molecule has 0 aromatic carbocycles. The van der Waals surface area contributed by atoms with Crippen LogP contribution >= 0.6 is 0 Å². The number of hydrogen-bond donors (Lipinski definition) is 1. The summed E-state index contributed by atoms with van der Waals surface area (Å²) in [6, 6.07) is -1.37. The van der Waals surface area contributed by atoms with Gasteiger partial charge < -0.3 is 10.2 Å². The predicted octanol–water partition coefficient (Wildman–Crippen LogP) is 3.09. The summed E-state index contributed by atoms with van der Waals surface area (Å²) in [5.41, 5.74) is 4.61. The van der Waals surface area contributed by atoms with Gasteiger partial charge in [-0.2, -0.15) is 22.0 Å². The predicted molar refractivity (Wildman–Crippen MR) is 46.1 cm³/mol. The van der Waals surface area contributed by atoms with E-state index < -0.39 is 18.1 Å². The molecule has 0 bridgehead atoms. The quantitative estimate of drug-likeness (QED) is 0.810. The molecule has 0 aliphatic carbocycles. The van der Waals surface area contributed by atoms with Gasteiger partial charge in [0.05, 0.1) is 0 Å². The van der Waals surface area contributed by atoms with Crippen molar-refractivity contribution in [3.8, 4) is 0 Å². The van der Waals surface area contributed by atoms with Crippen molar-refractivity contribution in [1.29, 1.82) is 0 Å². The van der Waals surface area contributed by atoms with Gasteiger partial charge in [-0.1, -0.05) is 0 Å². The van der Waals surface area contributed by atoms with E-state index in [1.54, 1.807) is 0 Å². The highest BCUT2D eigenvalue weighted by Gasteiger charge is 2.62. The molecule has 2 nitrogen and oxygen atoms in total. The Hall–Kier alpha value is -1.11. The maximum absolute atomic E-state index is 12.9. The van der Waals surface area contributed by atoms with Gasteiger partial charge in [0.2, 0.25) is 0 Å². The smallest absolute Gasteiger partial charge is 0.455 e. The van der Waals surface area contributed by atoms with Crippen molar-refractivity contribution in [3.05, 3.63) is 23.2 Å². The summed E-state index contributed by atoms with van der Waals surface area (Å²) in [7, 11) is 0. The van der Waals surface area contributed by atoms with Crippen molar-refractivity contribution in [2.75, 3.05) is 0 Å². The highest BCUT2D eigenvalue weighted by Crippen LogP contribution is 2.44. The van der Waals surface area contributed by atoms with Crippen LogP contribution in [-0.4, -0.2) is 12.1 Å². The molecule has 1 aromatic rings. The zero-order chi connectivity index (χ0) is 12.7. The molecular formula is C9H10F5NO. The van der Waals surface area contributed by atoms with Crippen molar-refractivity contribution >= 4 is 0 Å². The Labute approximate surface area is 88.2 Å². The minimum atomic E-state index is -5.68. The number of furan rings is 1. The Kier molecular flexibility index (Phi) is 3.02. The summed E-state index contributed by atoms with van der Waals surface area (Å²) >= 11 is 0. The van der Waals surface area contributed by atoms with E-state index in [9.17, 15) is 22.0 Å². The highest BCUT2D eigenvalue weighted by atomic mass is 19.4. The molecule has 92 valence electrons. The van der Waals surface area contributed by atoms with Gasteiger partial charge in [0.1, 0.15) is 17.6 Å². The second-order valence-corrected chi connectivity index (χ2v) is 3.47. The molecule has 1 unspecified atom stereocenters. The molecule has 0 fully saturated rings. The standard InChI is InChI=1S/C9H10F5NO/c1-4-3-6(5(2)16-4)7(15)8(10,11)9(12,13)14/h3,7H,15H2,1-2H3. The van der Waals surface area contributed by atoms with Gasteiger partial charge in [-0.25, -0.2) is 0 Å². The third-order valence-electron chi connectivity index (χ3n) is 2.18. The summed E-state index contributed by atoms with van der Waals surface area (Å²) in [6.07, 6.45) is -5.68. The van der Waals surface area contributed by atoms with E-state index in [4.69, 9.17) is 10.2 Å². The Bertz CT molecular complexity index is 382. The van der Waals surface area contributed by atoms with Gasteiger partial charge in [-0.05, 0) is 19.9 Å². The lowest BCUT2D eigenvalue weighted by Gasteiger charge is -2.25. The zero-order valence-corrected chi connectivity index (χ0v) is 8.53. The fraction of sp³-hybridized carbons (Fsp3) is 0.556. The number of aryl methyl sites for hydroxylation is 2. The molecule has 1 rings (SSSR count). The van der Waals surface area contributed by atoms with Crippen LogP contribution in [0.4, 0.5) is 22.0 Å². The second-order valence-electron chi connectivity index (χ2n) is 3.47. The molecule has 7 heteroatoms. The summed E-state index contributed by atoms with van der Waals surface area (Å²) in [4.78, 5) is 0. The largest absolute Gasteiger partial charge is 0.466 e. The number of halogens is 5. The van der Waals surface area contributed by atoms with Gasteiger partial charge in [0.25, 0.3) is 0 Å². The average molecular weight is 243 g/mol. The van der Waals surface area contributed by atoms with E-state index in [2.05, 4.69) is 0 Å². The van der Waals surface area contributed by atoms with Crippen molar-refractivity contribution in [2.24, 2.45) is 5.73 Å². The van der Waals surface area contributed by atoms with Gasteiger partial charge in [-0.3, -0.25) is 0 Å². The lowest BCUT2D eigenvalue weighted by atomic mass is 10.0. The number of hydrogen-bond acceptors (Lipinski definition) is 2. The van der Waals surface area contributed by atoms with E-state index in [0.29, 0.717) is 0 Å². The summed E-state index contributed by atoms with van der Waals surface area (Å²) < 4.78 is 66.8. The fourth-order valence-electron chi connectivity index (χ4n) is 1.33. The lowest BCUT2D eigenvalue weighted by molar-refractivity contribution is -0.291. The summed E-state index contributed by atoms with van der Waals surface area (Å²) in [5, 5.41) is 0. The van der Waals surface area contributed by atoms with Gasteiger partial charge in [-0.15, -0.1) is 0 Å². The summed E-state index contributed by atoms with van der Waals surface area (Å²) in [6.45, 7) is 2.73. The maximum atomic E-state index is 12.9. The summed E-state index contributed by atoms with van der Waals surface area (Å²) in [5.74, 6) is -4.77. The first-order valence-electron chi connectivity index (χ1n) is 4.34. The SMILES string of the molecule is Cc1cc(C(N)C(F)(F)C(F)(F)F)c(C)o1. The third-order valence-corrected chi connectivity index (χ3v) is 2.18. The Morgan fingerprint density at radius 3 is 2.00 bits per heavy atom. The van der Waals surface area contributed by atoms with Crippen molar-refractivity contribution in [1.82, 2.24) is 0 Å². The molecule has 16 heavy (non-hydrogen) atoms. The van der Waals surface area contributed by atoms with Crippen LogP contribution in [0.25, 0.3) is 0 Å². The van der Waals surface area contributed by atoms with Crippen LogP contribution in [-0.2, 0) is 0 Å². The van der Waals surface area contributed by atoms with E-state index in [-0.39, 0.29) is 17.1 Å². The molecule has 0 saturated heterocycles. The fourth-order valence-corrected chi connectivity index (χ4v) is 1.33. The minimum Gasteiger partial charge on any atom is -0.466 e. The molecule has 1 aromatic heterocycles. The van der Waals surface area contributed by atoms with Crippen molar-refractivity contribution < 1.29 is 26.4 Å². The molecule has 0 radical (unpaired) electrons. The van der Waals surface area contributed by atoms with Crippen LogP contribution in [0.15, 0.2) is 10.5 Å². The minimum absolute atomic E-state index is 0.0334.